The van der Waals surface area contributed by atoms with Gasteiger partial charge in [0.25, 0.3) is 0 Å². The van der Waals surface area contributed by atoms with Crippen LogP contribution in [0, 0.1) is 10.2 Å². The molecule has 1 aliphatic rings. The van der Waals surface area contributed by atoms with E-state index in [0.717, 1.165) is 11.1 Å². The number of hydrogen-bond donors (Lipinski definition) is 0. The van der Waals surface area contributed by atoms with Crippen LogP contribution in [0.1, 0.15) is 11.1 Å². The molecule has 0 amide bonds. The van der Waals surface area contributed by atoms with Crippen molar-refractivity contribution in [2.75, 3.05) is 14.2 Å². The molecule has 0 aromatic heterocycles. The number of methoxy groups -OCH3 is 2. The second-order valence-electron chi connectivity index (χ2n) is 5.42. The number of benzene rings is 2. The first-order valence-corrected chi connectivity index (χ1v) is 11.5. The molecule has 8 heteroatoms. The third-order valence-electron chi connectivity index (χ3n) is 3.78. The summed E-state index contributed by atoms with van der Waals surface area (Å²) in [5, 5.41) is 0. The molecule has 1 unspecified atom stereocenters. The number of allylic oxidation sites excluding steroid dienone is 3. The number of halogens is 1. The predicted molar refractivity (Wildman–Crippen MR) is 94.1 cm³/mol. The van der Waals surface area contributed by atoms with E-state index in [9.17, 15) is 14.0 Å². The SMILES string of the molecule is COc1ccc(C2=CC=CC(c3ccc(OC)cc3)=[Se]2O[Cl+3]([O-])([O-])[O-])cc1. The molecule has 0 spiro atoms. The zero-order chi connectivity index (χ0) is 19.4. The first-order chi connectivity index (χ1) is 12.9. The van der Waals surface area contributed by atoms with E-state index in [2.05, 4.69) is 0 Å². The van der Waals surface area contributed by atoms with Crippen LogP contribution in [0.25, 0.3) is 4.47 Å². The summed E-state index contributed by atoms with van der Waals surface area (Å²) in [6.07, 6.45) is 5.37. The summed E-state index contributed by atoms with van der Waals surface area (Å²) in [4.78, 5) is 0. The Morgan fingerprint density at radius 2 is 1.30 bits per heavy atom. The summed E-state index contributed by atoms with van der Waals surface area (Å²) in [6.45, 7) is 0. The molecule has 1 heterocycles. The molecule has 6 nitrogen and oxygen atoms in total. The van der Waals surface area contributed by atoms with Gasteiger partial charge in [0.1, 0.15) is 0 Å². The molecular formula is C19H17ClO6Se. The van der Waals surface area contributed by atoms with Gasteiger partial charge in [0.05, 0.1) is 0 Å². The van der Waals surface area contributed by atoms with Crippen molar-refractivity contribution in [2.45, 2.75) is 0 Å². The zero-order valence-corrected chi connectivity index (χ0v) is 17.1. The van der Waals surface area contributed by atoms with Gasteiger partial charge in [-0.3, -0.25) is 0 Å². The fourth-order valence-corrected chi connectivity index (χ4v) is 7.46. The Morgan fingerprint density at radius 3 is 1.78 bits per heavy atom. The summed E-state index contributed by atoms with van der Waals surface area (Å²) in [7, 11) is -1.44. The van der Waals surface area contributed by atoms with Crippen LogP contribution in [0.5, 0.6) is 11.5 Å². The van der Waals surface area contributed by atoms with Crippen LogP contribution in [0.4, 0.5) is 0 Å². The van der Waals surface area contributed by atoms with E-state index in [0.29, 0.717) is 20.4 Å². The molecule has 0 saturated carbocycles. The van der Waals surface area contributed by atoms with Crippen molar-refractivity contribution in [3.63, 3.8) is 0 Å². The van der Waals surface area contributed by atoms with E-state index in [4.69, 9.17) is 12.8 Å². The Bertz CT molecular complexity index is 895. The van der Waals surface area contributed by atoms with Gasteiger partial charge in [-0.15, -0.1) is 0 Å². The third-order valence-corrected chi connectivity index (χ3v) is 9.06. The number of hydrogen-bond acceptors (Lipinski definition) is 6. The quantitative estimate of drug-likeness (QED) is 0.565. The Kier molecular flexibility index (Phi) is 6.14. The summed E-state index contributed by atoms with van der Waals surface area (Å²) < 4.78 is 50.8. The maximum absolute atomic E-state index is 11.4. The molecular weight excluding hydrogens is 439 g/mol. The van der Waals surface area contributed by atoms with Crippen molar-refractivity contribution < 1.29 is 37.1 Å². The Labute approximate surface area is 163 Å². The van der Waals surface area contributed by atoms with Crippen LogP contribution in [0.3, 0.4) is 0 Å². The first kappa shape index (κ1) is 19.8. The van der Waals surface area contributed by atoms with Gasteiger partial charge in [0.15, 0.2) is 0 Å². The second kappa shape index (κ2) is 8.37. The first-order valence-electron chi connectivity index (χ1n) is 7.80. The fourth-order valence-electron chi connectivity index (χ4n) is 2.53. The molecule has 1 aliphatic heterocycles. The predicted octanol–water partition coefficient (Wildman–Crippen LogP) is -0.0960. The molecule has 0 bridgehead atoms. The van der Waals surface area contributed by atoms with Crippen molar-refractivity contribution in [1.29, 1.82) is 0 Å². The van der Waals surface area contributed by atoms with E-state index < -0.39 is 24.0 Å². The van der Waals surface area contributed by atoms with Gasteiger partial charge < -0.3 is 0 Å². The van der Waals surface area contributed by atoms with Crippen molar-refractivity contribution in [3.8, 4) is 11.5 Å². The van der Waals surface area contributed by atoms with E-state index >= 15 is 0 Å². The van der Waals surface area contributed by atoms with Crippen LogP contribution in [0.2, 0.25) is 0 Å². The Balaban J connectivity index is 2.09. The summed E-state index contributed by atoms with van der Waals surface area (Å²) >= 11 is -2.62. The maximum atomic E-state index is 11.4. The Morgan fingerprint density at radius 1 is 0.778 bits per heavy atom. The monoisotopic (exact) mass is 456 g/mol. The minimum atomic E-state index is -4.57. The minimum absolute atomic E-state index is 0.678. The molecule has 0 N–H and O–H groups in total. The molecule has 0 aliphatic carbocycles. The fraction of sp³-hybridized carbons (Fsp3) is 0.105. The van der Waals surface area contributed by atoms with Crippen molar-refractivity contribution in [2.24, 2.45) is 0 Å². The van der Waals surface area contributed by atoms with E-state index in [1.54, 1.807) is 50.6 Å². The Hall–Kier alpha value is -1.96. The van der Waals surface area contributed by atoms with Crippen molar-refractivity contribution in [1.82, 2.24) is 0 Å². The normalized spacial score (nSPS) is 16.9. The summed E-state index contributed by atoms with van der Waals surface area (Å²) in [6, 6.07) is 14.3. The van der Waals surface area contributed by atoms with Crippen molar-refractivity contribution >= 4 is 22.7 Å². The van der Waals surface area contributed by atoms with Gasteiger partial charge in [-0.05, 0) is 0 Å². The molecule has 27 heavy (non-hydrogen) atoms. The van der Waals surface area contributed by atoms with Gasteiger partial charge in [-0.25, -0.2) is 0 Å². The second-order valence-corrected chi connectivity index (χ2v) is 10.1. The van der Waals surface area contributed by atoms with E-state index in [-0.39, 0.29) is 0 Å². The number of ether oxygens (including phenoxy) is 2. The molecule has 1 atom stereocenters. The van der Waals surface area contributed by atoms with Gasteiger partial charge >= 0.3 is 163 Å². The van der Waals surface area contributed by atoms with Gasteiger partial charge in [0.2, 0.25) is 0 Å². The van der Waals surface area contributed by atoms with Crippen LogP contribution in [-0.2, 0) is 3.37 Å². The summed E-state index contributed by atoms with van der Waals surface area (Å²) in [5.74, 6) is 1.36. The van der Waals surface area contributed by atoms with Crippen LogP contribution >= 0.6 is 0 Å². The zero-order valence-electron chi connectivity index (χ0n) is 14.6. The van der Waals surface area contributed by atoms with Gasteiger partial charge in [0, 0.05) is 0 Å². The molecule has 3 rings (SSSR count). The third kappa shape index (κ3) is 4.86. The molecule has 0 fully saturated rings. The molecule has 142 valence electrons. The van der Waals surface area contributed by atoms with Gasteiger partial charge in [-0.2, -0.15) is 0 Å². The van der Waals surface area contributed by atoms with Crippen LogP contribution in [-0.4, -0.2) is 32.4 Å². The molecule has 0 radical (unpaired) electrons. The topological polar surface area (TPSA) is 96.9 Å². The van der Waals surface area contributed by atoms with Gasteiger partial charge in [-0.1, -0.05) is 0 Å². The molecule has 2 aromatic rings. The standard InChI is InChI=1S/C19H17ClO6Se/c1-24-16-10-6-14(7-11-16)18-4-3-5-19(27(18)26-20(21,22)23)15-8-12-17(25-2)13-9-15/h3-13H,1-2H3. The number of rotatable bonds is 6. The average Bonchev–Trinajstić information content (AvgIpc) is 2.67. The van der Waals surface area contributed by atoms with Crippen LogP contribution in [0.15, 0.2) is 66.8 Å². The average molecular weight is 456 g/mol. The molecule has 0 saturated heterocycles. The summed E-state index contributed by atoms with van der Waals surface area (Å²) in [5.41, 5.74) is 1.55. The van der Waals surface area contributed by atoms with E-state index in [1.165, 1.54) is 0 Å². The van der Waals surface area contributed by atoms with Crippen molar-refractivity contribution in [3.05, 3.63) is 77.9 Å². The van der Waals surface area contributed by atoms with E-state index in [1.807, 2.05) is 30.3 Å². The molecule has 2 aromatic carbocycles. The van der Waals surface area contributed by atoms with Crippen LogP contribution < -0.4 is 23.5 Å².